The molecule has 0 saturated carbocycles. The van der Waals surface area contributed by atoms with Crippen LogP contribution >= 0.6 is 0 Å². The van der Waals surface area contributed by atoms with Crippen LogP contribution in [0.1, 0.15) is 27.0 Å². The summed E-state index contributed by atoms with van der Waals surface area (Å²) in [5.41, 5.74) is 10.9. The van der Waals surface area contributed by atoms with Gasteiger partial charge < -0.3 is 14.8 Å². The lowest BCUT2D eigenvalue weighted by Crippen LogP contribution is -2.30. The van der Waals surface area contributed by atoms with Crippen molar-refractivity contribution in [3.63, 3.8) is 0 Å². The highest BCUT2D eigenvalue weighted by Gasteiger charge is 2.15. The molecule has 0 saturated heterocycles. The first-order chi connectivity index (χ1) is 17.3. The molecule has 1 amide bonds. The van der Waals surface area contributed by atoms with Crippen molar-refractivity contribution < 1.29 is 23.2 Å². The van der Waals surface area contributed by atoms with Gasteiger partial charge in [-0.3, -0.25) is 10.5 Å². The molecule has 8 heteroatoms. The lowest BCUT2D eigenvalue weighted by molar-refractivity contribution is -0.656. The number of imidazole rings is 1. The zero-order valence-electron chi connectivity index (χ0n) is 20.8. The third kappa shape index (κ3) is 5.49. The SMILES string of the molecule is COc1cc(CNC(=O)c2cc(Cn3cc[n+](C)c3N)cc(-c3ccc(F)cc3C)c2)cc(OC)c1. The molecular weight excluding hydrogens is 459 g/mol. The van der Waals surface area contributed by atoms with Crippen LogP contribution < -0.4 is 25.1 Å². The summed E-state index contributed by atoms with van der Waals surface area (Å²) >= 11 is 0. The smallest absolute Gasteiger partial charge is 0.355 e. The number of hydrogen-bond donors (Lipinski definition) is 2. The maximum absolute atomic E-state index is 13.8. The Kier molecular flexibility index (Phi) is 7.24. The van der Waals surface area contributed by atoms with Crippen LogP contribution in [0.4, 0.5) is 10.3 Å². The summed E-state index contributed by atoms with van der Waals surface area (Å²) in [6.07, 6.45) is 3.76. The number of hydrogen-bond acceptors (Lipinski definition) is 4. The summed E-state index contributed by atoms with van der Waals surface area (Å²) in [6.45, 7) is 2.63. The van der Waals surface area contributed by atoms with E-state index in [2.05, 4.69) is 5.32 Å². The number of nitrogens with two attached hydrogens (primary N) is 1. The number of aryl methyl sites for hydroxylation is 2. The maximum Gasteiger partial charge on any atom is 0.355 e. The van der Waals surface area contributed by atoms with E-state index in [0.717, 1.165) is 27.8 Å². The fraction of sp³-hybridized carbons (Fsp3) is 0.214. The predicted molar refractivity (Wildman–Crippen MR) is 136 cm³/mol. The second-order valence-corrected chi connectivity index (χ2v) is 8.68. The molecule has 4 aromatic rings. The Morgan fingerprint density at radius 2 is 1.75 bits per heavy atom. The highest BCUT2D eigenvalue weighted by atomic mass is 19.1. The first-order valence-electron chi connectivity index (χ1n) is 11.5. The van der Waals surface area contributed by atoms with Gasteiger partial charge in [0.1, 0.15) is 17.3 Å². The number of methoxy groups -OCH3 is 2. The lowest BCUT2D eigenvalue weighted by atomic mass is 9.96. The minimum Gasteiger partial charge on any atom is -0.497 e. The Hall–Kier alpha value is -4.33. The number of anilines is 1. The average Bonchev–Trinajstić information content (AvgIpc) is 3.18. The van der Waals surface area contributed by atoms with E-state index < -0.39 is 0 Å². The van der Waals surface area contributed by atoms with Crippen LogP contribution in [-0.2, 0) is 20.1 Å². The van der Waals surface area contributed by atoms with E-state index in [1.54, 1.807) is 26.4 Å². The van der Waals surface area contributed by atoms with Gasteiger partial charge in [0.25, 0.3) is 5.91 Å². The van der Waals surface area contributed by atoms with Crippen LogP contribution in [-0.4, -0.2) is 24.7 Å². The van der Waals surface area contributed by atoms with E-state index in [0.29, 0.717) is 36.1 Å². The number of aromatic nitrogens is 2. The Labute approximate surface area is 209 Å². The van der Waals surface area contributed by atoms with Gasteiger partial charge in [-0.2, -0.15) is 0 Å². The fourth-order valence-electron chi connectivity index (χ4n) is 4.14. The van der Waals surface area contributed by atoms with Gasteiger partial charge in [-0.05, 0) is 77.2 Å². The molecule has 36 heavy (non-hydrogen) atoms. The molecule has 1 aromatic heterocycles. The zero-order chi connectivity index (χ0) is 25.8. The minimum atomic E-state index is -0.299. The van der Waals surface area contributed by atoms with Crippen molar-refractivity contribution >= 4 is 11.9 Å². The van der Waals surface area contributed by atoms with Crippen molar-refractivity contribution in [2.24, 2.45) is 7.05 Å². The van der Waals surface area contributed by atoms with Gasteiger partial charge in [0.15, 0.2) is 0 Å². The van der Waals surface area contributed by atoms with Gasteiger partial charge in [-0.15, -0.1) is 0 Å². The van der Waals surface area contributed by atoms with Crippen LogP contribution in [0, 0.1) is 12.7 Å². The molecule has 186 valence electrons. The number of rotatable bonds is 8. The normalized spacial score (nSPS) is 10.8. The number of nitrogen functional groups attached to an aromatic ring is 1. The number of nitrogens with one attached hydrogen (secondary N) is 1. The molecule has 0 bridgehead atoms. The van der Waals surface area contributed by atoms with Crippen LogP contribution in [0.2, 0.25) is 0 Å². The summed E-state index contributed by atoms with van der Waals surface area (Å²) in [7, 11) is 5.04. The van der Waals surface area contributed by atoms with E-state index in [1.807, 2.05) is 65.8 Å². The number of ether oxygens (including phenoxy) is 2. The van der Waals surface area contributed by atoms with Crippen LogP contribution in [0.3, 0.4) is 0 Å². The lowest BCUT2D eigenvalue weighted by Gasteiger charge is -2.13. The van der Waals surface area contributed by atoms with Gasteiger partial charge in [0, 0.05) is 18.2 Å². The summed E-state index contributed by atoms with van der Waals surface area (Å²) in [5, 5.41) is 2.98. The predicted octanol–water partition coefficient (Wildman–Crippen LogP) is 4.00. The summed E-state index contributed by atoms with van der Waals surface area (Å²) in [6, 6.07) is 15.8. The van der Waals surface area contributed by atoms with Gasteiger partial charge in [-0.25, -0.2) is 13.5 Å². The fourth-order valence-corrected chi connectivity index (χ4v) is 4.14. The van der Waals surface area contributed by atoms with Crippen molar-refractivity contribution in [1.82, 2.24) is 9.88 Å². The highest BCUT2D eigenvalue weighted by Crippen LogP contribution is 2.27. The zero-order valence-corrected chi connectivity index (χ0v) is 20.8. The summed E-state index contributed by atoms with van der Waals surface area (Å²) in [5.74, 6) is 1.35. The molecule has 1 heterocycles. The molecule has 0 radical (unpaired) electrons. The third-order valence-electron chi connectivity index (χ3n) is 6.10. The monoisotopic (exact) mass is 489 g/mol. The Bertz CT molecular complexity index is 1390. The second-order valence-electron chi connectivity index (χ2n) is 8.68. The van der Waals surface area contributed by atoms with Crippen molar-refractivity contribution in [1.29, 1.82) is 0 Å². The molecule has 0 aliphatic carbocycles. The van der Waals surface area contributed by atoms with Crippen molar-refractivity contribution in [3.8, 4) is 22.6 Å². The molecule has 3 aromatic carbocycles. The van der Waals surface area contributed by atoms with Gasteiger partial charge in [0.05, 0.1) is 40.2 Å². The number of amides is 1. The van der Waals surface area contributed by atoms with Crippen molar-refractivity contribution in [3.05, 3.63) is 95.1 Å². The van der Waals surface area contributed by atoms with Crippen LogP contribution in [0.5, 0.6) is 11.5 Å². The molecule has 3 N–H and O–H groups in total. The Morgan fingerprint density at radius 3 is 2.36 bits per heavy atom. The highest BCUT2D eigenvalue weighted by molar-refractivity contribution is 5.96. The molecule has 7 nitrogen and oxygen atoms in total. The number of carbonyl (C=O) groups excluding carboxylic acids is 1. The molecule has 0 fully saturated rings. The van der Waals surface area contributed by atoms with Crippen molar-refractivity contribution in [2.75, 3.05) is 20.0 Å². The largest absolute Gasteiger partial charge is 0.497 e. The topological polar surface area (TPSA) is 82.4 Å². The van der Waals surface area contributed by atoms with Crippen LogP contribution in [0.25, 0.3) is 11.1 Å². The summed E-state index contributed by atoms with van der Waals surface area (Å²) < 4.78 is 28.1. The van der Waals surface area contributed by atoms with Gasteiger partial charge >= 0.3 is 5.95 Å². The standard InChI is InChI=1S/C28H29FN4O3/c1-18-9-23(29)5-6-26(18)21-10-20(17-33-8-7-32(2)28(33)30)11-22(14-21)27(34)31-16-19-12-24(35-3)15-25(13-19)36-4/h5-15,30H,16-17H2,1-4H3,(H,31,34)/p+1. The average molecular weight is 490 g/mol. The van der Waals surface area contributed by atoms with Gasteiger partial charge in [-0.1, -0.05) is 6.07 Å². The molecule has 0 atom stereocenters. The van der Waals surface area contributed by atoms with E-state index in [1.165, 1.54) is 12.1 Å². The quantitative estimate of drug-likeness (QED) is 0.367. The number of halogens is 1. The minimum absolute atomic E-state index is 0.231. The number of nitrogens with zero attached hydrogens (tertiary/aromatic N) is 2. The van der Waals surface area contributed by atoms with Gasteiger partial charge in [0.2, 0.25) is 0 Å². The van der Waals surface area contributed by atoms with E-state index in [4.69, 9.17) is 15.2 Å². The van der Waals surface area contributed by atoms with E-state index >= 15 is 0 Å². The van der Waals surface area contributed by atoms with E-state index in [-0.39, 0.29) is 11.7 Å². The van der Waals surface area contributed by atoms with Crippen LogP contribution in [0.15, 0.2) is 67.0 Å². The molecular formula is C28H30FN4O3+. The second kappa shape index (κ2) is 10.5. The molecule has 0 aliphatic heterocycles. The van der Waals surface area contributed by atoms with E-state index in [9.17, 15) is 9.18 Å². The third-order valence-corrected chi connectivity index (χ3v) is 6.10. The number of benzene rings is 3. The molecule has 4 rings (SSSR count). The maximum atomic E-state index is 13.8. The molecule has 0 aliphatic rings. The Balaban J connectivity index is 1.66. The first-order valence-corrected chi connectivity index (χ1v) is 11.5. The Morgan fingerprint density at radius 1 is 1.03 bits per heavy atom. The van der Waals surface area contributed by atoms with Crippen molar-refractivity contribution in [2.45, 2.75) is 20.0 Å². The first kappa shape index (κ1) is 24.8. The molecule has 0 spiro atoms. The summed E-state index contributed by atoms with van der Waals surface area (Å²) in [4.78, 5) is 13.3. The number of carbonyl (C=O) groups is 1. The molecule has 0 unspecified atom stereocenters.